The van der Waals surface area contributed by atoms with E-state index in [1.165, 1.54) is 48.5 Å². The predicted molar refractivity (Wildman–Crippen MR) is 115 cm³/mol. The van der Waals surface area contributed by atoms with Crippen LogP contribution in [0.5, 0.6) is 0 Å². The number of carbonyl (C=O) groups excluding carboxylic acids is 4. The number of benzene rings is 3. The molecule has 0 fully saturated rings. The molecule has 0 saturated carbocycles. The lowest BCUT2D eigenvalue weighted by Crippen LogP contribution is -2.29. The molecule has 0 radical (unpaired) electrons. The molecule has 3 aromatic rings. The van der Waals surface area contributed by atoms with Crippen LogP contribution in [0.2, 0.25) is 0 Å². The number of amides is 3. The van der Waals surface area contributed by atoms with Crippen LogP contribution in [0.1, 0.15) is 47.9 Å². The fourth-order valence-electron chi connectivity index (χ4n) is 3.37. The van der Waals surface area contributed by atoms with Gasteiger partial charge in [0.1, 0.15) is 0 Å². The van der Waals surface area contributed by atoms with Gasteiger partial charge in [-0.1, -0.05) is 12.1 Å². The van der Waals surface area contributed by atoms with Gasteiger partial charge in [0.25, 0.3) is 11.8 Å². The summed E-state index contributed by atoms with van der Waals surface area (Å²) in [5.74, 6) is -2.94. The van der Waals surface area contributed by atoms with Gasteiger partial charge in [-0.05, 0) is 60.7 Å². The summed E-state index contributed by atoms with van der Waals surface area (Å²) in [4.78, 5) is 61.6. The van der Waals surface area contributed by atoms with E-state index in [2.05, 4.69) is 5.32 Å². The number of hydrogen-bond acceptors (Lipinski definition) is 5. The number of hydrogen-bond donors (Lipinski definition) is 2. The van der Waals surface area contributed by atoms with Gasteiger partial charge in [0.2, 0.25) is 5.91 Å². The number of carboxylic acids is 1. The van der Waals surface area contributed by atoms with Crippen molar-refractivity contribution in [2.24, 2.45) is 0 Å². The molecule has 3 amide bonds. The van der Waals surface area contributed by atoms with E-state index in [0.29, 0.717) is 22.5 Å². The Labute approximate surface area is 182 Å². The standard InChI is InChI=1S/C24H16N2O6/c27-20(13-21(28)25-16-9-5-15(6-10-16)24(31)32)14-7-11-17(12-8-14)26-22(29)18-3-1-2-4-19(18)23(26)30/h1-12H,13H2,(H,25,28)(H,31,32). The van der Waals surface area contributed by atoms with Crippen LogP contribution in [0.25, 0.3) is 0 Å². The number of carbonyl (C=O) groups is 5. The second kappa shape index (κ2) is 8.27. The minimum Gasteiger partial charge on any atom is -0.478 e. The number of Topliss-reactive ketones (excluding diaryl/α,β-unsaturated/α-hetero) is 1. The molecular formula is C24H16N2O6. The van der Waals surface area contributed by atoms with Gasteiger partial charge in [-0.3, -0.25) is 19.2 Å². The fraction of sp³-hybridized carbons (Fsp3) is 0.0417. The highest BCUT2D eigenvalue weighted by Crippen LogP contribution is 2.28. The van der Waals surface area contributed by atoms with Gasteiger partial charge in [-0.2, -0.15) is 0 Å². The summed E-state index contributed by atoms with van der Waals surface area (Å²) in [6, 6.07) is 18.0. The second-order valence-corrected chi connectivity index (χ2v) is 7.07. The highest BCUT2D eigenvalue weighted by molar-refractivity contribution is 6.34. The Morgan fingerprint density at radius 1 is 0.750 bits per heavy atom. The number of nitrogens with zero attached hydrogens (tertiary/aromatic N) is 1. The van der Waals surface area contributed by atoms with Gasteiger partial charge in [-0.15, -0.1) is 0 Å². The lowest BCUT2D eigenvalue weighted by molar-refractivity contribution is -0.115. The first-order valence-corrected chi connectivity index (χ1v) is 9.59. The van der Waals surface area contributed by atoms with E-state index in [-0.39, 0.29) is 11.1 Å². The Morgan fingerprint density at radius 3 is 1.81 bits per heavy atom. The molecule has 0 spiro atoms. The summed E-state index contributed by atoms with van der Waals surface area (Å²) in [7, 11) is 0. The van der Waals surface area contributed by atoms with Crippen LogP contribution >= 0.6 is 0 Å². The number of imide groups is 1. The summed E-state index contributed by atoms with van der Waals surface area (Å²) in [6.07, 6.45) is -0.424. The maximum absolute atomic E-state index is 12.6. The van der Waals surface area contributed by atoms with Gasteiger partial charge in [-0.25, -0.2) is 9.69 Å². The van der Waals surface area contributed by atoms with Gasteiger partial charge < -0.3 is 10.4 Å². The van der Waals surface area contributed by atoms with E-state index in [9.17, 15) is 24.0 Å². The van der Waals surface area contributed by atoms with Crippen molar-refractivity contribution in [2.75, 3.05) is 10.2 Å². The normalized spacial score (nSPS) is 12.4. The molecule has 4 rings (SSSR count). The average Bonchev–Trinajstić information content (AvgIpc) is 3.04. The lowest BCUT2D eigenvalue weighted by Gasteiger charge is -2.14. The van der Waals surface area contributed by atoms with E-state index in [1.54, 1.807) is 24.3 Å². The topological polar surface area (TPSA) is 121 Å². The summed E-state index contributed by atoms with van der Waals surface area (Å²) >= 11 is 0. The Bertz CT molecular complexity index is 1230. The molecule has 3 aromatic carbocycles. The largest absolute Gasteiger partial charge is 0.478 e. The molecule has 1 heterocycles. The Morgan fingerprint density at radius 2 is 1.28 bits per heavy atom. The van der Waals surface area contributed by atoms with Crippen LogP contribution < -0.4 is 10.2 Å². The zero-order valence-corrected chi connectivity index (χ0v) is 16.6. The van der Waals surface area contributed by atoms with Crippen molar-refractivity contribution in [1.82, 2.24) is 0 Å². The third kappa shape index (κ3) is 3.89. The third-order valence-corrected chi connectivity index (χ3v) is 4.98. The first-order chi connectivity index (χ1) is 15.3. The number of ketones is 1. The number of aromatic carboxylic acids is 1. The maximum atomic E-state index is 12.6. The predicted octanol–water partition coefficient (Wildman–Crippen LogP) is 3.40. The first-order valence-electron chi connectivity index (χ1n) is 9.59. The van der Waals surface area contributed by atoms with E-state index < -0.39 is 35.9 Å². The van der Waals surface area contributed by atoms with E-state index >= 15 is 0 Å². The molecule has 0 atom stereocenters. The summed E-state index contributed by atoms with van der Waals surface area (Å²) in [6.45, 7) is 0. The van der Waals surface area contributed by atoms with Crippen LogP contribution in [0.4, 0.5) is 11.4 Å². The van der Waals surface area contributed by atoms with Crippen LogP contribution in [-0.4, -0.2) is 34.6 Å². The van der Waals surface area contributed by atoms with Gasteiger partial charge in [0.05, 0.1) is 28.8 Å². The molecule has 0 aliphatic carbocycles. The molecule has 32 heavy (non-hydrogen) atoms. The second-order valence-electron chi connectivity index (χ2n) is 7.07. The van der Waals surface area contributed by atoms with Crippen LogP contribution in [0, 0.1) is 0 Å². The molecule has 2 N–H and O–H groups in total. The summed E-state index contributed by atoms with van der Waals surface area (Å²) in [5.41, 5.74) is 1.68. The van der Waals surface area contributed by atoms with Gasteiger partial charge in [0, 0.05) is 11.3 Å². The molecule has 0 saturated heterocycles. The minimum atomic E-state index is -1.08. The van der Waals surface area contributed by atoms with Crippen molar-refractivity contribution in [3.8, 4) is 0 Å². The van der Waals surface area contributed by atoms with Crippen molar-refractivity contribution >= 4 is 40.8 Å². The molecule has 0 bridgehead atoms. The van der Waals surface area contributed by atoms with Crippen LogP contribution in [-0.2, 0) is 4.79 Å². The Hall–Kier alpha value is -4.59. The number of rotatable bonds is 6. The molecule has 1 aliphatic heterocycles. The fourth-order valence-corrected chi connectivity index (χ4v) is 3.37. The third-order valence-electron chi connectivity index (χ3n) is 4.98. The Balaban J connectivity index is 1.41. The molecule has 158 valence electrons. The van der Waals surface area contributed by atoms with Crippen molar-refractivity contribution < 1.29 is 29.1 Å². The van der Waals surface area contributed by atoms with Crippen molar-refractivity contribution in [1.29, 1.82) is 0 Å². The monoisotopic (exact) mass is 428 g/mol. The maximum Gasteiger partial charge on any atom is 0.335 e. The number of nitrogens with one attached hydrogen (secondary N) is 1. The number of fused-ring (bicyclic) bond motifs is 1. The van der Waals surface area contributed by atoms with Crippen molar-refractivity contribution in [2.45, 2.75) is 6.42 Å². The Kier molecular flexibility index (Phi) is 5.34. The molecule has 0 unspecified atom stereocenters. The molecule has 1 aliphatic rings. The average molecular weight is 428 g/mol. The lowest BCUT2D eigenvalue weighted by atomic mass is 10.1. The minimum absolute atomic E-state index is 0.0808. The summed E-state index contributed by atoms with van der Waals surface area (Å²) < 4.78 is 0. The molecular weight excluding hydrogens is 412 g/mol. The van der Waals surface area contributed by atoms with Gasteiger partial charge in [0.15, 0.2) is 5.78 Å². The zero-order chi connectivity index (χ0) is 22.8. The van der Waals surface area contributed by atoms with Crippen molar-refractivity contribution in [3.63, 3.8) is 0 Å². The highest BCUT2D eigenvalue weighted by atomic mass is 16.4. The van der Waals surface area contributed by atoms with E-state index in [4.69, 9.17) is 5.11 Å². The van der Waals surface area contributed by atoms with Gasteiger partial charge >= 0.3 is 5.97 Å². The number of anilines is 2. The molecule has 8 heteroatoms. The highest BCUT2D eigenvalue weighted by Gasteiger charge is 2.36. The quantitative estimate of drug-likeness (QED) is 0.353. The number of carboxylic acid groups (broad SMARTS) is 1. The smallest absolute Gasteiger partial charge is 0.335 e. The van der Waals surface area contributed by atoms with E-state index in [1.807, 2.05) is 0 Å². The molecule has 8 nitrogen and oxygen atoms in total. The van der Waals surface area contributed by atoms with Crippen molar-refractivity contribution in [3.05, 3.63) is 95.1 Å². The van der Waals surface area contributed by atoms with Crippen LogP contribution in [0.15, 0.2) is 72.8 Å². The first kappa shape index (κ1) is 20.7. The molecule has 0 aromatic heterocycles. The van der Waals surface area contributed by atoms with Crippen LogP contribution in [0.3, 0.4) is 0 Å². The van der Waals surface area contributed by atoms with E-state index in [0.717, 1.165) is 4.90 Å². The SMILES string of the molecule is O=C(CC(=O)c1ccc(N2C(=O)c3ccccc3C2=O)cc1)Nc1ccc(C(=O)O)cc1. The zero-order valence-electron chi connectivity index (χ0n) is 16.6. The summed E-state index contributed by atoms with van der Waals surface area (Å²) in [5, 5.41) is 11.4.